The Morgan fingerprint density at radius 3 is 2.94 bits per heavy atom. The fourth-order valence-corrected chi connectivity index (χ4v) is 2.83. The zero-order valence-electron chi connectivity index (χ0n) is 9.14. The molecule has 0 aliphatic heterocycles. The first-order valence-corrected chi connectivity index (χ1v) is 6.62. The Balaban J connectivity index is 1.74. The fourth-order valence-electron chi connectivity index (χ4n) is 1.73. The highest BCUT2D eigenvalue weighted by molar-refractivity contribution is 7.13. The van der Waals surface area contributed by atoms with E-state index in [1.165, 1.54) is 11.3 Å². The summed E-state index contributed by atoms with van der Waals surface area (Å²) in [5, 5.41) is 8.90. The molecule has 1 aliphatic rings. The van der Waals surface area contributed by atoms with Crippen LogP contribution in [0, 0.1) is 5.92 Å². The lowest BCUT2D eigenvalue weighted by molar-refractivity contribution is 0.0702. The summed E-state index contributed by atoms with van der Waals surface area (Å²) in [5.74, 6) is -0.499. The highest BCUT2D eigenvalue weighted by Gasteiger charge is 2.16. The van der Waals surface area contributed by atoms with Gasteiger partial charge in [-0.25, -0.2) is 4.79 Å². The fraction of sp³-hybridized carbons (Fsp3) is 0.417. The van der Waals surface area contributed by atoms with Crippen molar-refractivity contribution in [3.8, 4) is 0 Å². The summed E-state index contributed by atoms with van der Waals surface area (Å²) in [5.41, 5.74) is 0. The van der Waals surface area contributed by atoms with Crippen molar-refractivity contribution in [2.45, 2.75) is 18.4 Å². The van der Waals surface area contributed by atoms with E-state index in [-0.39, 0.29) is 5.38 Å². The van der Waals surface area contributed by atoms with Crippen molar-refractivity contribution in [1.82, 2.24) is 0 Å². The average molecular weight is 273 g/mol. The van der Waals surface area contributed by atoms with E-state index in [0.717, 1.165) is 11.3 Å². The molecule has 1 N–H and O–H groups in total. The van der Waals surface area contributed by atoms with Crippen LogP contribution < -0.4 is 0 Å². The summed E-state index contributed by atoms with van der Waals surface area (Å²) in [6, 6.07) is 3.40. The highest BCUT2D eigenvalue weighted by Crippen LogP contribution is 2.23. The molecular formula is C12H13ClO3S. The number of aromatic carboxylic acids is 1. The minimum atomic E-state index is -0.884. The van der Waals surface area contributed by atoms with Crippen molar-refractivity contribution in [2.24, 2.45) is 5.92 Å². The van der Waals surface area contributed by atoms with Gasteiger partial charge in [0.2, 0.25) is 0 Å². The smallest absolute Gasteiger partial charge is 0.345 e. The van der Waals surface area contributed by atoms with Gasteiger partial charge in [0.15, 0.2) is 0 Å². The Bertz CT molecular complexity index is 427. The van der Waals surface area contributed by atoms with Crippen LogP contribution in [0.15, 0.2) is 24.3 Å². The van der Waals surface area contributed by atoms with Crippen LogP contribution in [-0.2, 0) is 11.3 Å². The zero-order valence-corrected chi connectivity index (χ0v) is 10.7. The molecule has 1 aromatic heterocycles. The lowest BCUT2D eigenvalue weighted by atomic mass is 10.1. The van der Waals surface area contributed by atoms with E-state index < -0.39 is 5.97 Å². The van der Waals surface area contributed by atoms with Gasteiger partial charge in [0, 0.05) is 10.8 Å². The van der Waals surface area contributed by atoms with E-state index in [1.807, 2.05) is 6.08 Å². The predicted octanol–water partition coefficient (Wildman–Crippen LogP) is 3.15. The molecule has 1 aromatic rings. The summed E-state index contributed by atoms with van der Waals surface area (Å²) in [4.78, 5) is 12.0. The third kappa shape index (κ3) is 3.56. The Kier molecular flexibility index (Phi) is 4.20. The Hall–Kier alpha value is -0.840. The van der Waals surface area contributed by atoms with Crippen LogP contribution in [-0.4, -0.2) is 23.1 Å². The Morgan fingerprint density at radius 1 is 1.53 bits per heavy atom. The molecule has 0 bridgehead atoms. The summed E-state index contributed by atoms with van der Waals surface area (Å²) in [7, 11) is 0. The highest BCUT2D eigenvalue weighted by atomic mass is 35.5. The van der Waals surface area contributed by atoms with Crippen LogP contribution in [0.1, 0.15) is 21.0 Å². The van der Waals surface area contributed by atoms with Gasteiger partial charge in [0.05, 0.1) is 18.6 Å². The van der Waals surface area contributed by atoms with Gasteiger partial charge in [-0.15, -0.1) is 22.9 Å². The standard InChI is InChI=1S/C12H13ClO3S/c13-9-2-1-8(5-9)6-16-7-10-3-4-11(17-10)12(14)15/h1-4,8-9H,5-7H2,(H,14,15)/t8-,9?/m0/s1. The molecule has 1 unspecified atom stereocenters. The van der Waals surface area contributed by atoms with Crippen molar-refractivity contribution in [1.29, 1.82) is 0 Å². The number of allylic oxidation sites excluding steroid dienone is 1. The molecule has 0 radical (unpaired) electrons. The van der Waals surface area contributed by atoms with Crippen LogP contribution in [0.5, 0.6) is 0 Å². The monoisotopic (exact) mass is 272 g/mol. The molecule has 0 fully saturated rings. The summed E-state index contributed by atoms with van der Waals surface area (Å²) < 4.78 is 5.55. The van der Waals surface area contributed by atoms with Crippen molar-refractivity contribution < 1.29 is 14.6 Å². The number of hydrogen-bond donors (Lipinski definition) is 1. The SMILES string of the molecule is O=C(O)c1ccc(COC[C@H]2C=CC(Cl)C2)s1. The maximum atomic E-state index is 10.7. The van der Waals surface area contributed by atoms with Crippen molar-refractivity contribution in [3.05, 3.63) is 34.0 Å². The Labute approximate surface area is 109 Å². The van der Waals surface area contributed by atoms with Gasteiger partial charge in [-0.1, -0.05) is 12.2 Å². The number of rotatable bonds is 5. The molecule has 0 saturated heterocycles. The van der Waals surface area contributed by atoms with Gasteiger partial charge < -0.3 is 9.84 Å². The number of ether oxygens (including phenoxy) is 1. The van der Waals surface area contributed by atoms with Crippen molar-refractivity contribution in [2.75, 3.05) is 6.61 Å². The number of carbonyl (C=O) groups is 1. The molecule has 1 heterocycles. The Morgan fingerprint density at radius 2 is 2.35 bits per heavy atom. The quantitative estimate of drug-likeness (QED) is 0.662. The van der Waals surface area contributed by atoms with Gasteiger partial charge in [-0.2, -0.15) is 0 Å². The van der Waals surface area contributed by atoms with E-state index in [0.29, 0.717) is 24.0 Å². The van der Waals surface area contributed by atoms with Crippen molar-refractivity contribution >= 4 is 28.9 Å². The van der Waals surface area contributed by atoms with Gasteiger partial charge in [-0.3, -0.25) is 0 Å². The molecule has 3 nitrogen and oxygen atoms in total. The van der Waals surface area contributed by atoms with E-state index in [9.17, 15) is 4.79 Å². The molecule has 0 aromatic carbocycles. The van der Waals surface area contributed by atoms with Crippen molar-refractivity contribution in [3.63, 3.8) is 0 Å². The molecule has 1 aliphatic carbocycles. The largest absolute Gasteiger partial charge is 0.477 e. The summed E-state index contributed by atoms with van der Waals surface area (Å²) in [6.07, 6.45) is 4.99. The lowest BCUT2D eigenvalue weighted by Gasteiger charge is -2.08. The topological polar surface area (TPSA) is 46.5 Å². The maximum absolute atomic E-state index is 10.7. The van der Waals surface area contributed by atoms with Crippen LogP contribution >= 0.6 is 22.9 Å². The van der Waals surface area contributed by atoms with Crippen LogP contribution in [0.25, 0.3) is 0 Å². The predicted molar refractivity (Wildman–Crippen MR) is 67.8 cm³/mol. The summed E-state index contributed by atoms with van der Waals surface area (Å²) in [6.45, 7) is 1.11. The van der Waals surface area contributed by atoms with Crippen LogP contribution in [0.4, 0.5) is 0 Å². The molecule has 0 amide bonds. The molecule has 2 atom stereocenters. The first kappa shape index (κ1) is 12.6. The number of thiophene rings is 1. The molecule has 2 rings (SSSR count). The van der Waals surface area contributed by atoms with E-state index in [1.54, 1.807) is 12.1 Å². The third-order valence-corrected chi connectivity index (χ3v) is 3.94. The average Bonchev–Trinajstić information content (AvgIpc) is 2.88. The second kappa shape index (κ2) is 5.67. The van der Waals surface area contributed by atoms with E-state index in [4.69, 9.17) is 21.4 Å². The first-order chi connectivity index (χ1) is 8.15. The van der Waals surface area contributed by atoms with Gasteiger partial charge in [-0.05, 0) is 18.6 Å². The number of carboxylic acids is 1. The van der Waals surface area contributed by atoms with Gasteiger partial charge >= 0.3 is 5.97 Å². The zero-order chi connectivity index (χ0) is 12.3. The van der Waals surface area contributed by atoms with Gasteiger partial charge in [0.25, 0.3) is 0 Å². The number of halogens is 1. The number of alkyl halides is 1. The molecule has 17 heavy (non-hydrogen) atoms. The van der Waals surface area contributed by atoms with E-state index >= 15 is 0 Å². The first-order valence-electron chi connectivity index (χ1n) is 5.37. The number of carboxylic acid groups (broad SMARTS) is 1. The van der Waals surface area contributed by atoms with E-state index in [2.05, 4.69) is 6.08 Å². The minimum Gasteiger partial charge on any atom is -0.477 e. The molecule has 5 heteroatoms. The second-order valence-electron chi connectivity index (χ2n) is 3.98. The molecule has 0 saturated carbocycles. The minimum absolute atomic E-state index is 0.129. The molecule has 0 spiro atoms. The lowest BCUT2D eigenvalue weighted by Crippen LogP contribution is -2.06. The molecular weight excluding hydrogens is 260 g/mol. The second-order valence-corrected chi connectivity index (χ2v) is 5.71. The number of hydrogen-bond acceptors (Lipinski definition) is 3. The maximum Gasteiger partial charge on any atom is 0.345 e. The van der Waals surface area contributed by atoms with Crippen LogP contribution in [0.3, 0.4) is 0 Å². The van der Waals surface area contributed by atoms with Gasteiger partial charge in [0.1, 0.15) is 4.88 Å². The van der Waals surface area contributed by atoms with Crippen LogP contribution in [0.2, 0.25) is 0 Å². The summed E-state index contributed by atoms with van der Waals surface area (Å²) >= 11 is 7.19. The molecule has 92 valence electrons. The third-order valence-electron chi connectivity index (χ3n) is 2.57. The normalized spacial score (nSPS) is 23.1.